The van der Waals surface area contributed by atoms with Crippen molar-refractivity contribution < 1.29 is 19.2 Å². The Balaban J connectivity index is 2.01. The summed E-state index contributed by atoms with van der Waals surface area (Å²) < 4.78 is 11.6. The molecule has 0 aliphatic carbocycles. The number of hydrogen-bond acceptors (Lipinski definition) is 5. The number of rotatable bonds is 7. The van der Waals surface area contributed by atoms with Crippen molar-refractivity contribution in [1.29, 1.82) is 0 Å². The number of halogens is 1. The number of hydrogen-bond donors (Lipinski definition) is 1. The fourth-order valence-corrected chi connectivity index (χ4v) is 4.05. The van der Waals surface area contributed by atoms with Crippen LogP contribution in [0.3, 0.4) is 0 Å². The molecule has 0 radical (unpaired) electrons. The Hall–Kier alpha value is -2.35. The van der Waals surface area contributed by atoms with Gasteiger partial charge in [-0.1, -0.05) is 29.0 Å². The number of benzene rings is 2. The van der Waals surface area contributed by atoms with E-state index in [1.165, 1.54) is 16.2 Å². The van der Waals surface area contributed by atoms with Crippen LogP contribution in [0.2, 0.25) is 5.02 Å². The summed E-state index contributed by atoms with van der Waals surface area (Å²) >= 11 is 7.73. The first kappa shape index (κ1) is 20.4. The van der Waals surface area contributed by atoms with E-state index in [-0.39, 0.29) is 5.91 Å². The number of nitrogens with one attached hydrogen (secondary N) is 1. The molecular weight excluding hydrogens is 398 g/mol. The zero-order chi connectivity index (χ0) is 20.3. The van der Waals surface area contributed by atoms with E-state index in [4.69, 9.17) is 21.1 Å². The number of carbonyl (C=O) groups is 1. The zero-order valence-corrected chi connectivity index (χ0v) is 17.9. The Bertz CT molecular complexity index is 990. The summed E-state index contributed by atoms with van der Waals surface area (Å²) in [4.78, 5) is 20.9. The zero-order valence-electron chi connectivity index (χ0n) is 16.3. The standard InChI is InChI=1S/C20H22ClN3O3S/c1-23(2)10-11-24(20-22-18-14(21)6-5-7-17(18)28-20)19(25)13-8-9-15(26-3)16(12-13)27-4/h5-9,12H,10-11H2,1-4H3/p+1. The Morgan fingerprint density at radius 3 is 2.57 bits per heavy atom. The lowest BCUT2D eigenvalue weighted by atomic mass is 10.1. The van der Waals surface area contributed by atoms with E-state index in [1.54, 1.807) is 43.4 Å². The number of aromatic nitrogens is 1. The molecular formula is C20H23ClN3O3S+. The van der Waals surface area contributed by atoms with E-state index in [9.17, 15) is 4.79 Å². The lowest BCUT2D eigenvalue weighted by Gasteiger charge is -2.21. The van der Waals surface area contributed by atoms with Crippen molar-refractivity contribution in [2.75, 3.05) is 46.3 Å². The number of quaternary nitrogens is 1. The first-order chi connectivity index (χ1) is 13.4. The first-order valence-corrected chi connectivity index (χ1v) is 10.0. The molecule has 1 amide bonds. The minimum Gasteiger partial charge on any atom is -0.493 e. The van der Waals surface area contributed by atoms with E-state index in [0.717, 1.165) is 11.2 Å². The van der Waals surface area contributed by atoms with Crippen molar-refractivity contribution in [3.05, 3.63) is 47.0 Å². The van der Waals surface area contributed by atoms with Gasteiger partial charge in [0.2, 0.25) is 0 Å². The SMILES string of the molecule is COc1ccc(C(=O)N(CC[NH+](C)C)c2nc3c(Cl)cccc3s2)cc1OC. The second kappa shape index (κ2) is 8.77. The molecule has 0 spiro atoms. The molecule has 0 fully saturated rings. The molecule has 6 nitrogen and oxygen atoms in total. The molecule has 3 rings (SSSR count). The molecule has 1 N–H and O–H groups in total. The molecule has 148 valence electrons. The maximum Gasteiger partial charge on any atom is 0.260 e. The molecule has 0 aliphatic rings. The average Bonchev–Trinajstić information content (AvgIpc) is 3.12. The van der Waals surface area contributed by atoms with E-state index in [2.05, 4.69) is 4.98 Å². The second-order valence-corrected chi connectivity index (χ2v) is 7.98. The van der Waals surface area contributed by atoms with Crippen LogP contribution >= 0.6 is 22.9 Å². The highest BCUT2D eigenvalue weighted by Gasteiger charge is 2.23. The summed E-state index contributed by atoms with van der Waals surface area (Å²) in [6.07, 6.45) is 0. The number of likely N-dealkylation sites (N-methyl/N-ethyl adjacent to an activating group) is 1. The quantitative estimate of drug-likeness (QED) is 0.638. The van der Waals surface area contributed by atoms with Gasteiger partial charge in [-0.3, -0.25) is 9.69 Å². The summed E-state index contributed by atoms with van der Waals surface area (Å²) in [6, 6.07) is 10.8. The highest BCUT2D eigenvalue weighted by Crippen LogP contribution is 2.34. The monoisotopic (exact) mass is 420 g/mol. The molecule has 3 aromatic rings. The van der Waals surface area contributed by atoms with Gasteiger partial charge < -0.3 is 14.4 Å². The number of para-hydroxylation sites is 1. The number of anilines is 1. The molecule has 0 saturated heterocycles. The normalized spacial score (nSPS) is 11.1. The van der Waals surface area contributed by atoms with E-state index in [1.807, 2.05) is 26.2 Å². The number of carbonyl (C=O) groups excluding carboxylic acids is 1. The van der Waals surface area contributed by atoms with Crippen LogP contribution in [-0.4, -0.2) is 52.3 Å². The Kier molecular flexibility index (Phi) is 6.39. The summed E-state index contributed by atoms with van der Waals surface area (Å²) in [7, 11) is 7.22. The smallest absolute Gasteiger partial charge is 0.260 e. The van der Waals surface area contributed by atoms with Crippen LogP contribution in [0.25, 0.3) is 10.2 Å². The third-order valence-electron chi connectivity index (χ3n) is 4.30. The van der Waals surface area contributed by atoms with E-state index >= 15 is 0 Å². The van der Waals surface area contributed by atoms with Gasteiger partial charge in [-0.05, 0) is 30.3 Å². The van der Waals surface area contributed by atoms with Crippen molar-refractivity contribution in [2.45, 2.75) is 0 Å². The van der Waals surface area contributed by atoms with Crippen LogP contribution in [0.5, 0.6) is 11.5 Å². The third-order valence-corrected chi connectivity index (χ3v) is 5.65. The van der Waals surface area contributed by atoms with Crippen molar-refractivity contribution in [3.63, 3.8) is 0 Å². The van der Waals surface area contributed by atoms with Gasteiger partial charge in [0.05, 0.1) is 51.1 Å². The van der Waals surface area contributed by atoms with Crippen LogP contribution in [0, 0.1) is 0 Å². The maximum atomic E-state index is 13.3. The molecule has 2 aromatic carbocycles. The lowest BCUT2D eigenvalue weighted by molar-refractivity contribution is -0.856. The van der Waals surface area contributed by atoms with Gasteiger partial charge in [0.25, 0.3) is 5.91 Å². The number of methoxy groups -OCH3 is 2. The number of thiazole rings is 1. The molecule has 1 aromatic heterocycles. The van der Waals surface area contributed by atoms with Gasteiger partial charge in [0, 0.05) is 5.56 Å². The molecule has 28 heavy (non-hydrogen) atoms. The molecule has 8 heteroatoms. The van der Waals surface area contributed by atoms with E-state index in [0.29, 0.717) is 39.3 Å². The third kappa shape index (κ3) is 4.22. The largest absolute Gasteiger partial charge is 0.493 e. The van der Waals surface area contributed by atoms with Gasteiger partial charge in [-0.2, -0.15) is 0 Å². The van der Waals surface area contributed by atoms with Crippen LogP contribution in [0.15, 0.2) is 36.4 Å². The molecule has 0 aliphatic heterocycles. The van der Waals surface area contributed by atoms with Crippen LogP contribution in [0.1, 0.15) is 10.4 Å². The van der Waals surface area contributed by atoms with Gasteiger partial charge in [0.1, 0.15) is 5.52 Å². The Labute approximate surface area is 173 Å². The maximum absolute atomic E-state index is 13.3. The van der Waals surface area contributed by atoms with Gasteiger partial charge in [-0.25, -0.2) is 4.98 Å². The summed E-state index contributed by atoms with van der Waals surface area (Å²) in [5, 5.41) is 1.21. The van der Waals surface area contributed by atoms with Crippen molar-refractivity contribution in [1.82, 2.24) is 4.98 Å². The number of amides is 1. The molecule has 0 atom stereocenters. The fourth-order valence-electron chi connectivity index (χ4n) is 2.76. The lowest BCUT2D eigenvalue weighted by Crippen LogP contribution is -3.06. The predicted molar refractivity (Wildman–Crippen MR) is 114 cm³/mol. The van der Waals surface area contributed by atoms with Crippen molar-refractivity contribution in [3.8, 4) is 11.5 Å². The number of ether oxygens (including phenoxy) is 2. The fraction of sp³-hybridized carbons (Fsp3) is 0.300. The molecule has 0 bridgehead atoms. The van der Waals surface area contributed by atoms with Gasteiger partial charge >= 0.3 is 0 Å². The minimum atomic E-state index is -0.141. The van der Waals surface area contributed by atoms with Gasteiger partial charge in [0.15, 0.2) is 16.6 Å². The summed E-state index contributed by atoms with van der Waals surface area (Å²) in [5.41, 5.74) is 1.23. The predicted octanol–water partition coefficient (Wildman–Crippen LogP) is 2.76. The number of nitrogens with zero attached hydrogens (tertiary/aromatic N) is 2. The summed E-state index contributed by atoms with van der Waals surface area (Å²) in [6.45, 7) is 1.32. The van der Waals surface area contributed by atoms with Gasteiger partial charge in [-0.15, -0.1) is 0 Å². The van der Waals surface area contributed by atoms with Crippen LogP contribution in [-0.2, 0) is 0 Å². The first-order valence-electron chi connectivity index (χ1n) is 8.82. The minimum absolute atomic E-state index is 0.141. The highest BCUT2D eigenvalue weighted by atomic mass is 35.5. The second-order valence-electron chi connectivity index (χ2n) is 6.57. The molecule has 0 saturated carbocycles. The van der Waals surface area contributed by atoms with Crippen LogP contribution in [0.4, 0.5) is 5.13 Å². The van der Waals surface area contributed by atoms with Crippen molar-refractivity contribution >= 4 is 44.2 Å². The summed E-state index contributed by atoms with van der Waals surface area (Å²) in [5.74, 6) is 0.950. The molecule has 1 heterocycles. The van der Waals surface area contributed by atoms with Crippen molar-refractivity contribution in [2.24, 2.45) is 0 Å². The average molecular weight is 421 g/mol. The van der Waals surface area contributed by atoms with Crippen LogP contribution < -0.4 is 19.3 Å². The Morgan fingerprint density at radius 1 is 1.18 bits per heavy atom. The topological polar surface area (TPSA) is 56.1 Å². The van der Waals surface area contributed by atoms with E-state index < -0.39 is 0 Å². The highest BCUT2D eigenvalue weighted by molar-refractivity contribution is 7.22. The Morgan fingerprint density at radius 2 is 1.93 bits per heavy atom. The number of fused-ring (bicyclic) bond motifs is 1. The molecule has 0 unspecified atom stereocenters.